The summed E-state index contributed by atoms with van der Waals surface area (Å²) in [6, 6.07) is 55.4. The molecule has 0 atom stereocenters. The Balaban J connectivity index is 0.000000640. The first kappa shape index (κ1) is 58.5. The van der Waals surface area contributed by atoms with E-state index in [1.165, 1.54) is 109 Å². The summed E-state index contributed by atoms with van der Waals surface area (Å²) in [5.74, 6) is 0.279. The summed E-state index contributed by atoms with van der Waals surface area (Å²) >= 11 is 0. The SMILES string of the molecule is CC(C)=O.CC(C)=O.CC(C)=O.CC1(C)c2cccc(c2)C(C)(C)c2ccc([nH]2)C2c3ccc([nH]3)C(C)(C)c3cccc(c3)C(C)(C)c3ccc([nH]3)C(c3ccc1[nH]3)c1ccc([nH]1)C(C)(C)c1cccc(c1)C(C)(C)c1ccc2[nH]1. The summed E-state index contributed by atoms with van der Waals surface area (Å²) in [5.41, 5.74) is 19.6. The van der Waals surface area contributed by atoms with Gasteiger partial charge in [-0.25, -0.2) is 0 Å². The van der Waals surface area contributed by atoms with Gasteiger partial charge in [0.25, 0.3) is 0 Å². The average molecular weight is 1070 g/mol. The zero-order valence-electron chi connectivity index (χ0n) is 50.7. The van der Waals surface area contributed by atoms with E-state index in [2.05, 4.69) is 259 Å². The quantitative estimate of drug-likeness (QED) is 0.0899. The van der Waals surface area contributed by atoms with Gasteiger partial charge in [0.15, 0.2) is 0 Å². The van der Waals surface area contributed by atoms with E-state index in [1.54, 1.807) is 0 Å². The number of benzene rings is 3. The molecule has 9 heterocycles. The van der Waals surface area contributed by atoms with Crippen molar-refractivity contribution in [3.8, 4) is 0 Å². The van der Waals surface area contributed by atoms with Crippen molar-refractivity contribution in [3.63, 3.8) is 0 Å². The van der Waals surface area contributed by atoms with E-state index in [0.717, 1.165) is 34.2 Å². The number of hydrogen-bond donors (Lipinski definition) is 6. The minimum absolute atomic E-state index is 0.111. The monoisotopic (exact) mass is 1070 g/mol. The van der Waals surface area contributed by atoms with Gasteiger partial charge in [-0.05, 0) is 148 Å². The summed E-state index contributed by atoms with van der Waals surface area (Å²) in [4.78, 5) is 52.6. The Morgan fingerprint density at radius 2 is 0.400 bits per heavy atom. The summed E-state index contributed by atoms with van der Waals surface area (Å²) in [5, 5.41) is 0. The average Bonchev–Trinajstić information content (AvgIpc) is 4.28. The molecule has 12 rings (SSSR count). The molecule has 9 nitrogen and oxygen atoms in total. The zero-order valence-corrected chi connectivity index (χ0v) is 50.7. The van der Waals surface area contributed by atoms with Gasteiger partial charge in [-0.3, -0.25) is 0 Å². The molecule has 0 radical (unpaired) electrons. The van der Waals surface area contributed by atoms with Crippen molar-refractivity contribution in [2.45, 2.75) is 169 Å². The van der Waals surface area contributed by atoms with Gasteiger partial charge in [0.05, 0.1) is 11.8 Å². The summed E-state index contributed by atoms with van der Waals surface area (Å²) < 4.78 is 0. The van der Waals surface area contributed by atoms with Crippen molar-refractivity contribution >= 4 is 17.3 Å². The molecule has 3 aliphatic heterocycles. The van der Waals surface area contributed by atoms with Gasteiger partial charge in [0.2, 0.25) is 0 Å². The Morgan fingerprint density at radius 1 is 0.263 bits per heavy atom. The van der Waals surface area contributed by atoms with Gasteiger partial charge in [-0.15, -0.1) is 0 Å². The molecule has 9 heteroatoms. The van der Waals surface area contributed by atoms with E-state index in [9.17, 15) is 14.4 Å². The van der Waals surface area contributed by atoms with Gasteiger partial charge in [-0.2, -0.15) is 0 Å². The third kappa shape index (κ3) is 11.4. The van der Waals surface area contributed by atoms with E-state index >= 15 is 0 Å². The zero-order chi connectivity index (χ0) is 58.5. The maximum Gasteiger partial charge on any atom is 0.126 e. The number of Topliss-reactive ketones (excluding diaryl/α,β-unsaturated/α-hetero) is 3. The number of nitrogens with one attached hydrogen (secondary N) is 6. The maximum atomic E-state index is 9.44. The number of ketones is 3. The summed E-state index contributed by atoms with van der Waals surface area (Å²) in [6.07, 6.45) is 0. The molecular weight excluding hydrogens is 985 g/mol. The van der Waals surface area contributed by atoms with E-state index in [-0.39, 0.29) is 61.7 Å². The third-order valence-electron chi connectivity index (χ3n) is 17.1. The predicted octanol–water partition coefficient (Wildman–Crippen LogP) is 16.4. The lowest BCUT2D eigenvalue weighted by Crippen LogP contribution is -2.24. The third-order valence-corrected chi connectivity index (χ3v) is 17.1. The van der Waals surface area contributed by atoms with Crippen LogP contribution in [0.3, 0.4) is 0 Å². The molecule has 0 saturated heterocycles. The largest absolute Gasteiger partial charge is 0.361 e. The van der Waals surface area contributed by atoms with Crippen LogP contribution in [-0.4, -0.2) is 47.3 Å². The maximum absolute atomic E-state index is 9.44. The first-order valence-corrected chi connectivity index (χ1v) is 28.3. The topological polar surface area (TPSA) is 146 Å². The van der Waals surface area contributed by atoms with Crippen molar-refractivity contribution in [3.05, 3.63) is 247 Å². The second-order valence-corrected chi connectivity index (χ2v) is 26.0. The predicted molar refractivity (Wildman–Crippen MR) is 328 cm³/mol. The Labute approximate surface area is 475 Å². The number of aromatic nitrogens is 6. The fraction of sp³-hybridized carbons (Fsp3) is 0.366. The first-order chi connectivity index (χ1) is 37.4. The number of carbonyl (C=O) groups excluding carboxylic acids is 3. The van der Waals surface area contributed by atoms with Crippen LogP contribution in [0.1, 0.15) is 238 Å². The highest BCUT2D eigenvalue weighted by Gasteiger charge is 2.37. The minimum Gasteiger partial charge on any atom is -0.361 e. The molecule has 3 aliphatic rings. The van der Waals surface area contributed by atoms with Crippen molar-refractivity contribution in [2.75, 3.05) is 0 Å². The van der Waals surface area contributed by atoms with Crippen molar-refractivity contribution in [2.24, 2.45) is 0 Å². The number of H-pyrrole nitrogens is 6. The van der Waals surface area contributed by atoms with Crippen LogP contribution in [0.25, 0.3) is 0 Å². The molecule has 3 aromatic carbocycles. The van der Waals surface area contributed by atoms with Crippen LogP contribution < -0.4 is 0 Å². The van der Waals surface area contributed by atoms with Crippen molar-refractivity contribution in [1.82, 2.24) is 29.9 Å². The second-order valence-electron chi connectivity index (χ2n) is 26.0. The highest BCUT2D eigenvalue weighted by molar-refractivity contribution is 5.72. The van der Waals surface area contributed by atoms with Gasteiger partial charge in [0.1, 0.15) is 17.3 Å². The Morgan fingerprint density at radius 3 is 0.537 bits per heavy atom. The normalized spacial score (nSPS) is 18.4. The van der Waals surface area contributed by atoms with Crippen LogP contribution in [0.4, 0.5) is 0 Å². The lowest BCUT2D eigenvalue weighted by Gasteiger charge is -2.30. The van der Waals surface area contributed by atoms with Gasteiger partial charge in [0, 0.05) is 101 Å². The molecule has 0 amide bonds. The standard InChI is InChI=1S/C62H68N6.3C3H6O/c1-57(2)37-16-13-17-38(34-37)58(3,4)50-29-25-46(66-50)56-47-26-32-53(67-47)61(9,10)41-20-14-18-39(35-41)59(5,6)51-30-23-44(64-51)55(43-22-28-49(57)63-43)45-24-31-52(65-45)60(7,8)40-19-15-21-42(36-40)62(11,12)54-33-27-48(56)68-54;3*1-3(2)4/h13-36,55-56,63-68H,1-12H3;3*1-2H3. The van der Waals surface area contributed by atoms with E-state index < -0.39 is 0 Å². The van der Waals surface area contributed by atoms with E-state index in [1.807, 2.05) is 0 Å². The summed E-state index contributed by atoms with van der Waals surface area (Å²) in [6.45, 7) is 37.3. The highest BCUT2D eigenvalue weighted by Crippen LogP contribution is 2.45. The van der Waals surface area contributed by atoms with E-state index in [4.69, 9.17) is 0 Å². The number of carbonyl (C=O) groups is 3. The van der Waals surface area contributed by atoms with E-state index in [0.29, 0.717) is 0 Å². The van der Waals surface area contributed by atoms with Crippen LogP contribution in [-0.2, 0) is 46.9 Å². The van der Waals surface area contributed by atoms with Gasteiger partial charge in [-0.1, -0.05) is 156 Å². The van der Waals surface area contributed by atoms with Crippen LogP contribution in [0.2, 0.25) is 0 Å². The second kappa shape index (κ2) is 21.8. The number of hydrogen-bond acceptors (Lipinski definition) is 3. The molecule has 418 valence electrons. The Hall–Kier alpha value is -7.65. The molecule has 0 aliphatic carbocycles. The molecular formula is C71H86N6O3. The molecule has 9 aromatic rings. The van der Waals surface area contributed by atoms with Crippen molar-refractivity contribution < 1.29 is 14.4 Å². The molecule has 0 saturated carbocycles. The minimum atomic E-state index is -0.317. The van der Waals surface area contributed by atoms with Gasteiger partial charge >= 0.3 is 0 Å². The number of rotatable bonds is 0. The lowest BCUT2D eigenvalue weighted by atomic mass is 9.76. The Bertz CT molecular complexity index is 3070. The van der Waals surface area contributed by atoms with Crippen LogP contribution in [0.5, 0.6) is 0 Å². The summed E-state index contributed by atoms with van der Waals surface area (Å²) in [7, 11) is 0. The highest BCUT2D eigenvalue weighted by atomic mass is 16.1. The smallest absolute Gasteiger partial charge is 0.126 e. The van der Waals surface area contributed by atoms with Crippen molar-refractivity contribution in [1.29, 1.82) is 0 Å². The fourth-order valence-corrected chi connectivity index (χ4v) is 11.5. The molecule has 6 N–H and O–H groups in total. The molecule has 0 unspecified atom stereocenters. The van der Waals surface area contributed by atoms with Crippen LogP contribution in [0, 0.1) is 0 Å². The molecule has 0 fully saturated rings. The first-order valence-electron chi connectivity index (χ1n) is 28.3. The van der Waals surface area contributed by atoms with Gasteiger partial charge < -0.3 is 44.3 Å². The molecule has 6 aromatic heterocycles. The Kier molecular flexibility index (Phi) is 15.9. The molecule has 80 heavy (non-hydrogen) atoms. The fourth-order valence-electron chi connectivity index (χ4n) is 11.5. The van der Waals surface area contributed by atoms with Crippen LogP contribution >= 0.6 is 0 Å². The lowest BCUT2D eigenvalue weighted by molar-refractivity contribution is -0.115. The van der Waals surface area contributed by atoms with Crippen LogP contribution in [0.15, 0.2) is 146 Å². The molecule has 0 spiro atoms. The molecule has 20 bridgehead atoms. The number of aromatic amines is 6.